The van der Waals surface area contributed by atoms with Gasteiger partial charge in [0, 0.05) is 6.54 Å². The van der Waals surface area contributed by atoms with Crippen molar-refractivity contribution in [1.82, 2.24) is 4.90 Å². The predicted molar refractivity (Wildman–Crippen MR) is 55.4 cm³/mol. The highest BCUT2D eigenvalue weighted by Gasteiger charge is 2.16. The fourth-order valence-electron chi connectivity index (χ4n) is 0.816. The highest BCUT2D eigenvalue weighted by molar-refractivity contribution is 5.60. The van der Waals surface area contributed by atoms with E-state index in [1.807, 2.05) is 39.8 Å². The van der Waals surface area contributed by atoms with Gasteiger partial charge in [-0.3, -0.25) is 0 Å². The Kier molecular flexibility index (Phi) is 5.53. The van der Waals surface area contributed by atoms with Gasteiger partial charge in [-0.15, -0.1) is 0 Å². The molecule has 0 aliphatic rings. The number of carbonyl (C=O) groups is 1. The van der Waals surface area contributed by atoms with E-state index >= 15 is 0 Å². The Morgan fingerprint density at radius 2 is 1.86 bits per heavy atom. The number of carbonyl (C=O) groups excluding carboxylic acids is 1. The zero-order chi connectivity index (χ0) is 11.2. The van der Waals surface area contributed by atoms with Gasteiger partial charge in [0.2, 0.25) is 0 Å². The Labute approximate surface area is 86.2 Å². The van der Waals surface area contributed by atoms with Crippen molar-refractivity contribution in [2.45, 2.75) is 32.8 Å². The molecule has 84 valence electrons. The third-order valence-electron chi connectivity index (χ3n) is 1.36. The molecule has 0 spiro atoms. The van der Waals surface area contributed by atoms with E-state index in [4.69, 9.17) is 9.47 Å². The monoisotopic (exact) mass is 203 g/mol. The Bertz CT molecular complexity index is 173. The zero-order valence-electron chi connectivity index (χ0n) is 9.79. The number of nitrogens with zero attached hydrogens (tertiary/aromatic N) is 1. The molecule has 0 saturated heterocycles. The lowest BCUT2D eigenvalue weighted by atomic mass is 10.2. The van der Waals surface area contributed by atoms with Gasteiger partial charge in [0.1, 0.15) is 5.60 Å². The van der Waals surface area contributed by atoms with Gasteiger partial charge < -0.3 is 14.4 Å². The number of rotatable bonds is 4. The minimum Gasteiger partial charge on any atom is -0.434 e. The molecule has 4 heteroatoms. The van der Waals surface area contributed by atoms with E-state index in [-0.39, 0.29) is 0 Å². The lowest BCUT2D eigenvalue weighted by Crippen LogP contribution is -2.25. The van der Waals surface area contributed by atoms with Crippen LogP contribution >= 0.6 is 0 Å². The summed E-state index contributed by atoms with van der Waals surface area (Å²) >= 11 is 0. The Morgan fingerprint density at radius 3 is 2.29 bits per heavy atom. The van der Waals surface area contributed by atoms with Crippen molar-refractivity contribution in [2.75, 3.05) is 27.2 Å². The SMILES string of the molecule is CN(C)CCCOC(=O)OC(C)(C)C. The Morgan fingerprint density at radius 1 is 1.29 bits per heavy atom. The van der Waals surface area contributed by atoms with Crippen LogP contribution in [0.4, 0.5) is 4.79 Å². The zero-order valence-corrected chi connectivity index (χ0v) is 9.79. The van der Waals surface area contributed by atoms with Gasteiger partial charge >= 0.3 is 6.16 Å². The number of hydrogen-bond donors (Lipinski definition) is 0. The van der Waals surface area contributed by atoms with Gasteiger partial charge in [-0.1, -0.05) is 0 Å². The second-order valence-corrected chi connectivity index (χ2v) is 4.47. The van der Waals surface area contributed by atoms with Crippen molar-refractivity contribution >= 4 is 6.16 Å². The first-order valence-electron chi connectivity index (χ1n) is 4.82. The van der Waals surface area contributed by atoms with Crippen LogP contribution in [0.5, 0.6) is 0 Å². The lowest BCUT2D eigenvalue weighted by Gasteiger charge is -2.19. The molecule has 0 fully saturated rings. The first kappa shape index (κ1) is 13.2. The topological polar surface area (TPSA) is 38.8 Å². The molecule has 0 rings (SSSR count). The van der Waals surface area contributed by atoms with Crippen LogP contribution in [0.1, 0.15) is 27.2 Å². The van der Waals surface area contributed by atoms with Gasteiger partial charge in [-0.2, -0.15) is 0 Å². The third kappa shape index (κ3) is 9.32. The van der Waals surface area contributed by atoms with Gasteiger partial charge in [-0.05, 0) is 41.3 Å². The molecule has 0 heterocycles. The Hall–Kier alpha value is -0.770. The summed E-state index contributed by atoms with van der Waals surface area (Å²) in [5.41, 5.74) is -0.474. The summed E-state index contributed by atoms with van der Waals surface area (Å²) in [6.07, 6.45) is 0.239. The van der Waals surface area contributed by atoms with Crippen LogP contribution in [0.3, 0.4) is 0 Å². The van der Waals surface area contributed by atoms with Crippen LogP contribution in [0.15, 0.2) is 0 Å². The summed E-state index contributed by atoms with van der Waals surface area (Å²) < 4.78 is 9.85. The average molecular weight is 203 g/mol. The molecule has 0 aromatic heterocycles. The summed E-state index contributed by atoms with van der Waals surface area (Å²) in [5.74, 6) is 0. The van der Waals surface area contributed by atoms with E-state index < -0.39 is 11.8 Å². The van der Waals surface area contributed by atoms with Crippen LogP contribution in [-0.4, -0.2) is 43.9 Å². The van der Waals surface area contributed by atoms with Gasteiger partial charge in [0.15, 0.2) is 0 Å². The van der Waals surface area contributed by atoms with E-state index in [9.17, 15) is 4.79 Å². The van der Waals surface area contributed by atoms with Gasteiger partial charge in [0.25, 0.3) is 0 Å². The molecule has 0 aliphatic heterocycles. The lowest BCUT2D eigenvalue weighted by molar-refractivity contribution is -0.00800. The molecule has 0 aromatic rings. The van der Waals surface area contributed by atoms with Crippen molar-refractivity contribution < 1.29 is 14.3 Å². The molecule has 4 nitrogen and oxygen atoms in total. The maximum absolute atomic E-state index is 11.0. The third-order valence-corrected chi connectivity index (χ3v) is 1.36. The smallest absolute Gasteiger partial charge is 0.434 e. The van der Waals surface area contributed by atoms with Crippen LogP contribution in [-0.2, 0) is 9.47 Å². The standard InChI is InChI=1S/C10H21NO3/c1-10(2,3)14-9(12)13-8-6-7-11(4)5/h6-8H2,1-5H3. The van der Waals surface area contributed by atoms with E-state index in [2.05, 4.69) is 0 Å². The quantitative estimate of drug-likeness (QED) is 0.516. The van der Waals surface area contributed by atoms with Crippen molar-refractivity contribution in [3.63, 3.8) is 0 Å². The average Bonchev–Trinajstić information content (AvgIpc) is 1.94. The van der Waals surface area contributed by atoms with E-state index in [1.54, 1.807) is 0 Å². The van der Waals surface area contributed by atoms with E-state index in [0.29, 0.717) is 6.61 Å². The highest BCUT2D eigenvalue weighted by Crippen LogP contribution is 2.07. The fraction of sp³-hybridized carbons (Fsp3) is 0.900. The molecule has 14 heavy (non-hydrogen) atoms. The van der Waals surface area contributed by atoms with Crippen molar-refractivity contribution in [2.24, 2.45) is 0 Å². The van der Waals surface area contributed by atoms with Crippen LogP contribution < -0.4 is 0 Å². The molecular formula is C10H21NO3. The van der Waals surface area contributed by atoms with Crippen molar-refractivity contribution in [3.05, 3.63) is 0 Å². The van der Waals surface area contributed by atoms with Crippen molar-refractivity contribution in [1.29, 1.82) is 0 Å². The summed E-state index contributed by atoms with van der Waals surface area (Å²) in [5, 5.41) is 0. The molecule has 0 bridgehead atoms. The summed E-state index contributed by atoms with van der Waals surface area (Å²) in [7, 11) is 3.96. The van der Waals surface area contributed by atoms with Crippen molar-refractivity contribution in [3.8, 4) is 0 Å². The molecule has 0 amide bonds. The van der Waals surface area contributed by atoms with E-state index in [0.717, 1.165) is 13.0 Å². The molecule has 0 saturated carbocycles. The summed E-state index contributed by atoms with van der Waals surface area (Å²) in [6.45, 7) is 6.76. The van der Waals surface area contributed by atoms with Crippen LogP contribution in [0.25, 0.3) is 0 Å². The molecule has 0 aliphatic carbocycles. The fourth-order valence-corrected chi connectivity index (χ4v) is 0.816. The molecule has 0 atom stereocenters. The molecule has 0 aromatic carbocycles. The summed E-state index contributed by atoms with van der Waals surface area (Å²) in [6, 6.07) is 0. The highest BCUT2D eigenvalue weighted by atomic mass is 16.7. The van der Waals surface area contributed by atoms with E-state index in [1.165, 1.54) is 0 Å². The first-order valence-corrected chi connectivity index (χ1v) is 4.82. The molecule has 0 radical (unpaired) electrons. The maximum Gasteiger partial charge on any atom is 0.508 e. The number of ether oxygens (including phenoxy) is 2. The van der Waals surface area contributed by atoms with Crippen LogP contribution in [0, 0.1) is 0 Å². The number of hydrogen-bond acceptors (Lipinski definition) is 4. The molecule has 0 N–H and O–H groups in total. The second-order valence-electron chi connectivity index (χ2n) is 4.47. The second kappa shape index (κ2) is 5.86. The first-order chi connectivity index (χ1) is 6.31. The van der Waals surface area contributed by atoms with Gasteiger partial charge in [0.05, 0.1) is 6.61 Å². The summed E-state index contributed by atoms with van der Waals surface area (Å²) in [4.78, 5) is 13.1. The van der Waals surface area contributed by atoms with Crippen LogP contribution in [0.2, 0.25) is 0 Å². The minimum absolute atomic E-state index is 0.410. The normalized spacial score (nSPS) is 11.6. The largest absolute Gasteiger partial charge is 0.508 e. The molecular weight excluding hydrogens is 182 g/mol. The predicted octanol–water partition coefficient (Wildman–Crippen LogP) is 1.89. The maximum atomic E-state index is 11.0. The van der Waals surface area contributed by atoms with Gasteiger partial charge in [-0.25, -0.2) is 4.79 Å². The Balaban J connectivity index is 3.46. The minimum atomic E-state index is -0.587. The molecule has 0 unspecified atom stereocenters.